The third kappa shape index (κ3) is 5.03. The number of aromatic nitrogens is 1. The molecule has 3 aromatic rings. The van der Waals surface area contributed by atoms with E-state index in [4.69, 9.17) is 5.73 Å². The van der Waals surface area contributed by atoms with E-state index in [1.807, 2.05) is 64.5 Å². The number of anilines is 1. The zero-order valence-corrected chi connectivity index (χ0v) is 18.1. The SMILES string of the molecule is NCC(=O)c1ccc(CN(C(=O)N2CCCCC2)c2cccc(-c3cccnc3)c2)cc1. The van der Waals surface area contributed by atoms with Crippen LogP contribution < -0.4 is 10.6 Å². The van der Waals surface area contributed by atoms with E-state index in [-0.39, 0.29) is 18.4 Å². The molecule has 2 aromatic carbocycles. The third-order valence-corrected chi connectivity index (χ3v) is 5.81. The number of hydrogen-bond acceptors (Lipinski definition) is 4. The van der Waals surface area contributed by atoms with Gasteiger partial charge >= 0.3 is 6.03 Å². The molecular weight excluding hydrogens is 400 g/mol. The van der Waals surface area contributed by atoms with Gasteiger partial charge in [0.2, 0.25) is 0 Å². The van der Waals surface area contributed by atoms with E-state index in [1.165, 1.54) is 0 Å². The number of carbonyl (C=O) groups is 2. The molecule has 4 rings (SSSR count). The van der Waals surface area contributed by atoms with Gasteiger partial charge in [-0.1, -0.05) is 42.5 Å². The van der Waals surface area contributed by atoms with Gasteiger partial charge in [0.05, 0.1) is 13.1 Å². The van der Waals surface area contributed by atoms with Crippen molar-refractivity contribution in [1.82, 2.24) is 9.88 Å². The van der Waals surface area contributed by atoms with Crippen LogP contribution in [0.15, 0.2) is 73.1 Å². The summed E-state index contributed by atoms with van der Waals surface area (Å²) in [4.78, 5) is 33.4. The predicted molar refractivity (Wildman–Crippen MR) is 127 cm³/mol. The van der Waals surface area contributed by atoms with Gasteiger partial charge in [0, 0.05) is 42.3 Å². The average molecular weight is 429 g/mol. The van der Waals surface area contributed by atoms with Gasteiger partial charge in [-0.15, -0.1) is 0 Å². The Morgan fingerprint density at radius 1 is 0.938 bits per heavy atom. The van der Waals surface area contributed by atoms with Crippen LogP contribution in [0.5, 0.6) is 0 Å². The van der Waals surface area contributed by atoms with Crippen molar-refractivity contribution in [3.8, 4) is 11.1 Å². The second kappa shape index (κ2) is 10.2. The first kappa shape index (κ1) is 21.7. The normalized spacial score (nSPS) is 13.6. The van der Waals surface area contributed by atoms with E-state index in [9.17, 15) is 9.59 Å². The second-order valence-corrected chi connectivity index (χ2v) is 8.03. The molecular formula is C26H28N4O2. The van der Waals surface area contributed by atoms with E-state index in [0.29, 0.717) is 12.1 Å². The number of Topliss-reactive ketones (excluding diaryl/α,β-unsaturated/α-hetero) is 1. The minimum absolute atomic E-state index is 0.00940. The maximum absolute atomic E-state index is 13.5. The number of piperidine rings is 1. The van der Waals surface area contributed by atoms with E-state index in [1.54, 1.807) is 18.3 Å². The molecule has 164 valence electrons. The lowest BCUT2D eigenvalue weighted by Crippen LogP contribution is -2.45. The maximum atomic E-state index is 13.5. The number of ketones is 1. The number of carbonyl (C=O) groups excluding carboxylic acids is 2. The Morgan fingerprint density at radius 3 is 2.38 bits per heavy atom. The van der Waals surface area contributed by atoms with Crippen molar-refractivity contribution in [3.63, 3.8) is 0 Å². The van der Waals surface area contributed by atoms with Crippen molar-refractivity contribution in [2.45, 2.75) is 25.8 Å². The first-order valence-electron chi connectivity index (χ1n) is 11.0. The van der Waals surface area contributed by atoms with Crippen LogP contribution >= 0.6 is 0 Å². The molecule has 1 aliphatic rings. The number of nitrogens with two attached hydrogens (primary N) is 1. The molecule has 2 amide bonds. The monoisotopic (exact) mass is 428 g/mol. The molecule has 1 fully saturated rings. The average Bonchev–Trinajstić information content (AvgIpc) is 2.88. The molecule has 0 unspecified atom stereocenters. The number of amides is 2. The van der Waals surface area contributed by atoms with Crippen molar-refractivity contribution < 1.29 is 9.59 Å². The van der Waals surface area contributed by atoms with Crippen LogP contribution in [-0.2, 0) is 6.54 Å². The van der Waals surface area contributed by atoms with Crippen LogP contribution in [0.1, 0.15) is 35.2 Å². The highest BCUT2D eigenvalue weighted by atomic mass is 16.2. The number of pyridine rings is 1. The van der Waals surface area contributed by atoms with Gasteiger partial charge in [0.1, 0.15) is 0 Å². The van der Waals surface area contributed by atoms with Gasteiger partial charge in [-0.25, -0.2) is 4.79 Å². The summed E-state index contributed by atoms with van der Waals surface area (Å²) in [6, 6.07) is 19.3. The Balaban J connectivity index is 1.65. The van der Waals surface area contributed by atoms with Gasteiger partial charge in [-0.2, -0.15) is 0 Å². The van der Waals surface area contributed by atoms with Gasteiger partial charge in [0.15, 0.2) is 5.78 Å². The summed E-state index contributed by atoms with van der Waals surface area (Å²) in [5, 5.41) is 0. The number of nitrogens with zero attached hydrogens (tertiary/aromatic N) is 3. The molecule has 0 spiro atoms. The molecule has 0 aliphatic carbocycles. The Kier molecular flexibility index (Phi) is 6.92. The van der Waals surface area contributed by atoms with E-state index < -0.39 is 0 Å². The molecule has 0 radical (unpaired) electrons. The highest BCUT2D eigenvalue weighted by Crippen LogP contribution is 2.27. The third-order valence-electron chi connectivity index (χ3n) is 5.81. The van der Waals surface area contributed by atoms with Gasteiger partial charge < -0.3 is 10.6 Å². The molecule has 32 heavy (non-hydrogen) atoms. The molecule has 6 nitrogen and oxygen atoms in total. The lowest BCUT2D eigenvalue weighted by molar-refractivity contribution is 0.100. The Bertz CT molecular complexity index is 1060. The fourth-order valence-corrected chi connectivity index (χ4v) is 4.01. The number of urea groups is 1. The van der Waals surface area contributed by atoms with Crippen molar-refractivity contribution >= 4 is 17.5 Å². The molecule has 0 bridgehead atoms. The minimum atomic E-state index is -0.0954. The molecule has 0 atom stereocenters. The summed E-state index contributed by atoms with van der Waals surface area (Å²) in [6.07, 6.45) is 6.80. The molecule has 1 aliphatic heterocycles. The zero-order valence-electron chi connectivity index (χ0n) is 18.1. The molecule has 0 saturated carbocycles. The summed E-state index contributed by atoms with van der Waals surface area (Å²) < 4.78 is 0. The highest BCUT2D eigenvalue weighted by molar-refractivity contribution is 5.97. The quantitative estimate of drug-likeness (QED) is 0.586. The molecule has 2 N–H and O–H groups in total. The molecule has 1 aromatic heterocycles. The van der Waals surface area contributed by atoms with Crippen molar-refractivity contribution in [3.05, 3.63) is 84.2 Å². The van der Waals surface area contributed by atoms with Crippen molar-refractivity contribution in [2.75, 3.05) is 24.5 Å². The first-order valence-corrected chi connectivity index (χ1v) is 11.0. The summed E-state index contributed by atoms with van der Waals surface area (Å²) in [5.74, 6) is -0.0954. The molecule has 6 heteroatoms. The van der Waals surface area contributed by atoms with Gasteiger partial charge in [-0.3, -0.25) is 14.7 Å². The Labute approximate surface area is 188 Å². The molecule has 2 heterocycles. The standard InChI is InChI=1S/C26H28N4O2/c27-17-25(31)21-11-9-20(10-12-21)19-30(26(32)29-14-2-1-3-15-29)24-8-4-6-22(16-24)23-7-5-13-28-18-23/h4-13,16,18H,1-3,14-15,17,19,27H2. The van der Waals surface area contributed by atoms with E-state index >= 15 is 0 Å². The minimum Gasteiger partial charge on any atom is -0.324 e. The number of rotatable bonds is 6. The Hall–Kier alpha value is -3.51. The highest BCUT2D eigenvalue weighted by Gasteiger charge is 2.24. The summed E-state index contributed by atoms with van der Waals surface area (Å²) >= 11 is 0. The van der Waals surface area contributed by atoms with Crippen LogP contribution in [0.3, 0.4) is 0 Å². The summed E-state index contributed by atoms with van der Waals surface area (Å²) in [6.45, 7) is 1.96. The maximum Gasteiger partial charge on any atom is 0.324 e. The largest absolute Gasteiger partial charge is 0.324 e. The fraction of sp³-hybridized carbons (Fsp3) is 0.269. The smallest absolute Gasteiger partial charge is 0.324 e. The predicted octanol–water partition coefficient (Wildman–Crippen LogP) is 4.50. The molecule has 1 saturated heterocycles. The van der Waals surface area contributed by atoms with Crippen LogP contribution in [0.25, 0.3) is 11.1 Å². The van der Waals surface area contributed by atoms with Crippen LogP contribution in [0, 0.1) is 0 Å². The van der Waals surface area contributed by atoms with Crippen LogP contribution in [0.4, 0.5) is 10.5 Å². The number of likely N-dealkylation sites (tertiary alicyclic amines) is 1. The van der Waals surface area contributed by atoms with Crippen molar-refractivity contribution in [2.24, 2.45) is 5.73 Å². The van der Waals surface area contributed by atoms with E-state index in [0.717, 1.165) is 54.7 Å². The van der Waals surface area contributed by atoms with Crippen LogP contribution in [0.2, 0.25) is 0 Å². The van der Waals surface area contributed by atoms with Crippen molar-refractivity contribution in [1.29, 1.82) is 0 Å². The summed E-state index contributed by atoms with van der Waals surface area (Å²) in [7, 11) is 0. The Morgan fingerprint density at radius 2 is 1.69 bits per heavy atom. The lowest BCUT2D eigenvalue weighted by Gasteiger charge is -2.33. The topological polar surface area (TPSA) is 79.5 Å². The second-order valence-electron chi connectivity index (χ2n) is 8.03. The van der Waals surface area contributed by atoms with Crippen LogP contribution in [-0.4, -0.2) is 41.3 Å². The summed E-state index contributed by atoms with van der Waals surface area (Å²) in [5.41, 5.74) is 9.86. The number of hydrogen-bond donors (Lipinski definition) is 1. The zero-order chi connectivity index (χ0) is 22.3. The fourth-order valence-electron chi connectivity index (χ4n) is 4.01. The first-order chi connectivity index (χ1) is 15.7. The number of benzene rings is 2. The lowest BCUT2D eigenvalue weighted by atomic mass is 10.1. The van der Waals surface area contributed by atoms with E-state index in [2.05, 4.69) is 4.98 Å². The van der Waals surface area contributed by atoms with Gasteiger partial charge in [0.25, 0.3) is 0 Å². The van der Waals surface area contributed by atoms with Gasteiger partial charge in [-0.05, 0) is 48.6 Å².